The number of amides is 1. The van der Waals surface area contributed by atoms with Crippen molar-refractivity contribution in [3.63, 3.8) is 0 Å². The third-order valence-electron chi connectivity index (χ3n) is 4.31. The maximum atomic E-state index is 11.6. The Hall–Kier alpha value is -1.96. The van der Waals surface area contributed by atoms with Gasteiger partial charge >= 0.3 is 5.97 Å². The normalized spacial score (nSPS) is 30.7. The summed E-state index contributed by atoms with van der Waals surface area (Å²) in [7, 11) is 0. The van der Waals surface area contributed by atoms with Gasteiger partial charge in [0.15, 0.2) is 6.23 Å². The smallest absolute Gasteiger partial charge is 0.302 e. The molecule has 2 heterocycles. The summed E-state index contributed by atoms with van der Waals surface area (Å²) in [6.07, 6.45) is 1.01. The van der Waals surface area contributed by atoms with Crippen LogP contribution < -0.4 is 5.32 Å². The van der Waals surface area contributed by atoms with Gasteiger partial charge in [-0.05, 0) is 18.8 Å². The fraction of sp³-hybridized carbons (Fsp3) is 0.733. The predicted molar refractivity (Wildman–Crippen MR) is 81.2 cm³/mol. The maximum absolute atomic E-state index is 11.6. The van der Waals surface area contributed by atoms with E-state index < -0.39 is 6.23 Å². The molecule has 1 aliphatic heterocycles. The molecule has 1 aliphatic rings. The lowest BCUT2D eigenvalue weighted by molar-refractivity contribution is -0.184. The number of aromatic nitrogens is 3. The van der Waals surface area contributed by atoms with E-state index >= 15 is 0 Å². The molecule has 5 unspecified atom stereocenters. The first kappa shape index (κ1) is 17.4. The molecule has 2 rings (SSSR count). The zero-order valence-corrected chi connectivity index (χ0v) is 14.1. The number of aryl methyl sites for hydroxylation is 1. The van der Waals surface area contributed by atoms with Crippen molar-refractivity contribution < 1.29 is 19.1 Å². The molecule has 23 heavy (non-hydrogen) atoms. The molecule has 5 atom stereocenters. The van der Waals surface area contributed by atoms with Gasteiger partial charge in [-0.3, -0.25) is 9.59 Å². The van der Waals surface area contributed by atoms with Crippen molar-refractivity contribution in [3.8, 4) is 0 Å². The average Bonchev–Trinajstić information content (AvgIpc) is 2.89. The van der Waals surface area contributed by atoms with Gasteiger partial charge in [-0.1, -0.05) is 19.1 Å². The highest BCUT2D eigenvalue weighted by Gasteiger charge is 2.43. The van der Waals surface area contributed by atoms with Crippen LogP contribution in [0.1, 0.15) is 39.6 Å². The van der Waals surface area contributed by atoms with E-state index in [1.807, 2.05) is 20.8 Å². The lowest BCUT2D eigenvalue weighted by Crippen LogP contribution is -2.55. The highest BCUT2D eigenvalue weighted by atomic mass is 16.6. The van der Waals surface area contributed by atoms with E-state index in [2.05, 4.69) is 15.6 Å². The highest BCUT2D eigenvalue weighted by Crippen LogP contribution is 2.35. The van der Waals surface area contributed by atoms with Gasteiger partial charge in [-0.15, -0.1) is 5.10 Å². The molecule has 0 saturated carbocycles. The number of nitrogens with one attached hydrogen (secondary N) is 1. The van der Waals surface area contributed by atoms with Crippen LogP contribution >= 0.6 is 0 Å². The van der Waals surface area contributed by atoms with Crippen LogP contribution in [0.3, 0.4) is 0 Å². The van der Waals surface area contributed by atoms with Crippen LogP contribution in [0.2, 0.25) is 0 Å². The Bertz CT molecular complexity index is 572. The molecule has 0 aromatic carbocycles. The molecular weight excluding hydrogens is 300 g/mol. The topological polar surface area (TPSA) is 95.3 Å². The van der Waals surface area contributed by atoms with Gasteiger partial charge in [0.1, 0.15) is 6.61 Å². The molecule has 0 bridgehead atoms. The predicted octanol–water partition coefficient (Wildman–Crippen LogP) is 0.824. The summed E-state index contributed by atoms with van der Waals surface area (Å²) in [5.41, 5.74) is 0.762. The van der Waals surface area contributed by atoms with Crippen molar-refractivity contribution in [1.29, 1.82) is 0 Å². The Balaban J connectivity index is 2.24. The second kappa shape index (κ2) is 7.08. The Labute approximate surface area is 135 Å². The Morgan fingerprint density at radius 1 is 1.35 bits per heavy atom. The molecule has 128 valence electrons. The van der Waals surface area contributed by atoms with Crippen molar-refractivity contribution >= 4 is 11.9 Å². The van der Waals surface area contributed by atoms with Gasteiger partial charge in [0.25, 0.3) is 0 Å². The largest absolute Gasteiger partial charge is 0.463 e. The van der Waals surface area contributed by atoms with Crippen LogP contribution in [0, 0.1) is 18.8 Å². The molecule has 1 fully saturated rings. The summed E-state index contributed by atoms with van der Waals surface area (Å²) in [6, 6.07) is -0.239. The van der Waals surface area contributed by atoms with Gasteiger partial charge in [-0.2, -0.15) is 0 Å². The average molecular weight is 324 g/mol. The molecule has 1 aromatic heterocycles. The van der Waals surface area contributed by atoms with Crippen LogP contribution in [0.4, 0.5) is 0 Å². The van der Waals surface area contributed by atoms with Crippen molar-refractivity contribution in [1.82, 2.24) is 20.3 Å². The molecule has 8 heteroatoms. The standard InChI is InChI=1S/C15H24N4O4/c1-8-6-19(18-17-8)15-14(16-11(4)20)10(3)9(2)13(23-15)7-22-12(5)21/h6,9-10,13-15H,7H2,1-5H3,(H,16,20). The molecule has 0 aliphatic carbocycles. The third kappa shape index (κ3) is 4.07. The van der Waals surface area contributed by atoms with E-state index in [0.717, 1.165) is 5.69 Å². The summed E-state index contributed by atoms with van der Waals surface area (Å²) in [4.78, 5) is 22.6. The Morgan fingerprint density at radius 3 is 2.57 bits per heavy atom. The first-order valence-corrected chi connectivity index (χ1v) is 7.74. The summed E-state index contributed by atoms with van der Waals surface area (Å²) in [6.45, 7) is 8.93. The van der Waals surface area contributed by atoms with E-state index in [4.69, 9.17) is 9.47 Å². The van der Waals surface area contributed by atoms with Gasteiger partial charge in [0.2, 0.25) is 5.91 Å². The van der Waals surface area contributed by atoms with Crippen LogP contribution in [0.15, 0.2) is 6.20 Å². The van der Waals surface area contributed by atoms with Crippen LogP contribution in [-0.2, 0) is 19.1 Å². The SMILES string of the molecule is CC(=O)NC1C(C)C(C)C(COC(C)=O)OC1n1cc(C)nn1. The van der Waals surface area contributed by atoms with Crippen molar-refractivity contribution in [2.24, 2.45) is 11.8 Å². The number of rotatable bonds is 4. The van der Waals surface area contributed by atoms with Crippen LogP contribution in [0.25, 0.3) is 0 Å². The van der Waals surface area contributed by atoms with Gasteiger partial charge in [-0.25, -0.2) is 4.68 Å². The van der Waals surface area contributed by atoms with E-state index in [-0.39, 0.29) is 42.5 Å². The third-order valence-corrected chi connectivity index (χ3v) is 4.31. The van der Waals surface area contributed by atoms with Gasteiger partial charge in [0, 0.05) is 13.8 Å². The highest BCUT2D eigenvalue weighted by molar-refractivity contribution is 5.73. The first-order chi connectivity index (χ1) is 10.8. The minimum atomic E-state index is -0.494. The first-order valence-electron chi connectivity index (χ1n) is 7.74. The quantitative estimate of drug-likeness (QED) is 0.824. The monoisotopic (exact) mass is 324 g/mol. The fourth-order valence-electron chi connectivity index (χ4n) is 2.86. The zero-order chi connectivity index (χ0) is 17.1. The fourth-order valence-corrected chi connectivity index (χ4v) is 2.86. The number of esters is 1. The lowest BCUT2D eigenvalue weighted by Gasteiger charge is -2.44. The Kier molecular flexibility index (Phi) is 5.35. The van der Waals surface area contributed by atoms with Crippen molar-refractivity contribution in [2.75, 3.05) is 6.61 Å². The number of hydrogen-bond donors (Lipinski definition) is 1. The van der Waals surface area contributed by atoms with E-state index in [1.54, 1.807) is 10.9 Å². The molecule has 0 radical (unpaired) electrons. The summed E-state index contributed by atoms with van der Waals surface area (Å²) < 4.78 is 12.8. The summed E-state index contributed by atoms with van der Waals surface area (Å²) >= 11 is 0. The van der Waals surface area contributed by atoms with Crippen molar-refractivity contribution in [2.45, 2.75) is 53.0 Å². The van der Waals surface area contributed by atoms with Crippen LogP contribution in [0.5, 0.6) is 0 Å². The van der Waals surface area contributed by atoms with Gasteiger partial charge < -0.3 is 14.8 Å². The Morgan fingerprint density at radius 2 is 2.04 bits per heavy atom. The van der Waals surface area contributed by atoms with Crippen LogP contribution in [-0.4, -0.2) is 45.6 Å². The van der Waals surface area contributed by atoms with E-state index in [1.165, 1.54) is 13.8 Å². The molecule has 0 spiro atoms. The zero-order valence-electron chi connectivity index (χ0n) is 14.1. The number of carbonyl (C=O) groups is 2. The van der Waals surface area contributed by atoms with Gasteiger partial charge in [0.05, 0.1) is 24.0 Å². The summed E-state index contributed by atoms with van der Waals surface area (Å²) in [5, 5.41) is 11.0. The number of nitrogens with zero attached hydrogens (tertiary/aromatic N) is 3. The molecule has 1 aromatic rings. The van der Waals surface area contributed by atoms with Crippen molar-refractivity contribution in [3.05, 3.63) is 11.9 Å². The minimum Gasteiger partial charge on any atom is -0.463 e. The lowest BCUT2D eigenvalue weighted by atomic mass is 9.81. The molecule has 1 N–H and O–H groups in total. The number of hydrogen-bond acceptors (Lipinski definition) is 6. The van der Waals surface area contributed by atoms with E-state index in [9.17, 15) is 9.59 Å². The molecular formula is C15H24N4O4. The summed E-state index contributed by atoms with van der Waals surface area (Å²) in [5.74, 6) is -0.252. The maximum Gasteiger partial charge on any atom is 0.302 e. The molecule has 8 nitrogen and oxygen atoms in total. The molecule has 1 amide bonds. The minimum absolute atomic E-state index is 0.104. The number of ether oxygens (including phenoxy) is 2. The second-order valence-electron chi connectivity index (χ2n) is 6.15. The second-order valence-corrected chi connectivity index (χ2v) is 6.15. The molecule has 1 saturated heterocycles. The number of carbonyl (C=O) groups excluding carboxylic acids is 2. The van der Waals surface area contributed by atoms with E-state index in [0.29, 0.717) is 0 Å².